The van der Waals surface area contributed by atoms with Gasteiger partial charge in [0.05, 0.1) is 13.2 Å². The summed E-state index contributed by atoms with van der Waals surface area (Å²) >= 11 is 6.12. The number of ether oxygens (including phenoxy) is 2. The Balaban J connectivity index is 0.00000272. The van der Waals surface area contributed by atoms with Crippen LogP contribution >= 0.6 is 24.0 Å². The van der Waals surface area contributed by atoms with Crippen LogP contribution in [0.2, 0.25) is 5.02 Å². The Morgan fingerprint density at radius 2 is 1.55 bits per heavy atom. The van der Waals surface area contributed by atoms with Gasteiger partial charge in [0.2, 0.25) is 0 Å². The molecule has 0 aromatic heterocycles. The molecule has 0 amide bonds. The fraction of sp³-hybridized carbons (Fsp3) is 0.280. The van der Waals surface area contributed by atoms with E-state index in [0.29, 0.717) is 13.2 Å². The number of halogens is 2. The number of hydrogen-bond acceptors (Lipinski definition) is 4. The Labute approximate surface area is 195 Å². The van der Waals surface area contributed by atoms with Crippen LogP contribution in [0.1, 0.15) is 5.56 Å². The summed E-state index contributed by atoms with van der Waals surface area (Å²) in [6, 6.07) is 26.0. The molecule has 0 saturated carbocycles. The molecule has 6 heteroatoms. The lowest BCUT2D eigenvalue weighted by atomic mass is 10.2. The fourth-order valence-electron chi connectivity index (χ4n) is 3.62. The zero-order chi connectivity index (χ0) is 20.6. The van der Waals surface area contributed by atoms with E-state index in [4.69, 9.17) is 21.1 Å². The molecule has 0 atom stereocenters. The number of piperazine rings is 1. The summed E-state index contributed by atoms with van der Waals surface area (Å²) in [6.45, 7) is 6.27. The van der Waals surface area contributed by atoms with E-state index >= 15 is 0 Å². The highest BCUT2D eigenvalue weighted by Gasteiger charge is 2.17. The molecule has 3 aromatic rings. The molecule has 1 saturated heterocycles. The lowest BCUT2D eigenvalue weighted by molar-refractivity contribution is 0.0897. The van der Waals surface area contributed by atoms with E-state index in [-0.39, 0.29) is 12.4 Å². The third kappa shape index (κ3) is 6.88. The average Bonchev–Trinajstić information content (AvgIpc) is 2.79. The summed E-state index contributed by atoms with van der Waals surface area (Å²) in [7, 11) is 0. The molecule has 0 N–H and O–H groups in total. The highest BCUT2D eigenvalue weighted by atomic mass is 35.5. The monoisotopic (exact) mass is 458 g/mol. The van der Waals surface area contributed by atoms with Crippen LogP contribution in [0.4, 0.5) is 5.69 Å². The predicted octanol–water partition coefficient (Wildman–Crippen LogP) is 5.89. The first-order valence-electron chi connectivity index (χ1n) is 10.4. The van der Waals surface area contributed by atoms with Gasteiger partial charge < -0.3 is 14.4 Å². The maximum absolute atomic E-state index is 6.12. The third-order valence-electron chi connectivity index (χ3n) is 5.30. The Hall–Kier alpha value is -2.24. The minimum Gasteiger partial charge on any atom is -0.457 e. The molecule has 164 valence electrons. The van der Waals surface area contributed by atoms with Crippen molar-refractivity contribution >= 4 is 29.7 Å². The number of anilines is 1. The first-order chi connectivity index (χ1) is 14.8. The van der Waals surface area contributed by atoms with Crippen molar-refractivity contribution < 1.29 is 9.47 Å². The Morgan fingerprint density at radius 3 is 2.32 bits per heavy atom. The maximum Gasteiger partial charge on any atom is 0.132 e. The van der Waals surface area contributed by atoms with Gasteiger partial charge in [-0.1, -0.05) is 54.1 Å². The molecule has 4 rings (SSSR count). The lowest BCUT2D eigenvalue weighted by Crippen LogP contribution is -2.47. The van der Waals surface area contributed by atoms with E-state index < -0.39 is 0 Å². The van der Waals surface area contributed by atoms with Crippen LogP contribution in [-0.2, 0) is 11.3 Å². The molecule has 1 fully saturated rings. The van der Waals surface area contributed by atoms with Gasteiger partial charge in [-0.2, -0.15) is 0 Å². The van der Waals surface area contributed by atoms with Crippen LogP contribution in [0.5, 0.6) is 11.5 Å². The van der Waals surface area contributed by atoms with Crippen molar-refractivity contribution in [2.24, 2.45) is 0 Å². The fourth-order valence-corrected chi connectivity index (χ4v) is 3.80. The molecule has 1 heterocycles. The van der Waals surface area contributed by atoms with Crippen LogP contribution in [0, 0.1) is 0 Å². The molecule has 0 aliphatic carbocycles. The standard InChI is InChI=1S/C25H27ClN2O2.ClH/c26-22-8-6-9-23(19-22)28-15-13-27(14-16-28)17-18-29-20-21-7-4-5-12-25(21)30-24-10-2-1-3-11-24;/h1-12,19H,13-18,20H2;1H. The van der Waals surface area contributed by atoms with E-state index in [1.165, 1.54) is 5.69 Å². The summed E-state index contributed by atoms with van der Waals surface area (Å²) in [5, 5.41) is 0.792. The van der Waals surface area contributed by atoms with Crippen LogP contribution in [0.3, 0.4) is 0 Å². The summed E-state index contributed by atoms with van der Waals surface area (Å²) in [6.07, 6.45) is 0. The molecule has 31 heavy (non-hydrogen) atoms. The first kappa shape index (κ1) is 23.4. The Bertz CT molecular complexity index is 932. The largest absolute Gasteiger partial charge is 0.457 e. The van der Waals surface area contributed by atoms with Gasteiger partial charge in [0.15, 0.2) is 0 Å². The smallest absolute Gasteiger partial charge is 0.132 e. The zero-order valence-corrected chi connectivity index (χ0v) is 19.0. The molecule has 4 nitrogen and oxygen atoms in total. The highest BCUT2D eigenvalue weighted by Crippen LogP contribution is 2.25. The van der Waals surface area contributed by atoms with Crippen molar-refractivity contribution in [2.45, 2.75) is 6.61 Å². The van der Waals surface area contributed by atoms with Crippen molar-refractivity contribution in [2.75, 3.05) is 44.2 Å². The highest BCUT2D eigenvalue weighted by molar-refractivity contribution is 6.30. The minimum atomic E-state index is 0. The second-order valence-corrected chi connectivity index (χ2v) is 7.82. The SMILES string of the molecule is Cl.Clc1cccc(N2CCN(CCOCc3ccccc3Oc3ccccc3)CC2)c1. The number of nitrogens with zero attached hydrogens (tertiary/aromatic N) is 2. The quantitative estimate of drug-likeness (QED) is 0.392. The van der Waals surface area contributed by atoms with E-state index in [2.05, 4.69) is 21.9 Å². The topological polar surface area (TPSA) is 24.9 Å². The second kappa shape index (κ2) is 12.0. The van der Waals surface area contributed by atoms with Crippen molar-refractivity contribution in [3.05, 3.63) is 89.4 Å². The van der Waals surface area contributed by atoms with Gasteiger partial charge in [0.25, 0.3) is 0 Å². The molecule has 0 spiro atoms. The summed E-state index contributed by atoms with van der Waals surface area (Å²) in [4.78, 5) is 4.84. The van der Waals surface area contributed by atoms with Gasteiger partial charge in [-0.15, -0.1) is 12.4 Å². The van der Waals surface area contributed by atoms with Crippen LogP contribution < -0.4 is 9.64 Å². The van der Waals surface area contributed by atoms with Gasteiger partial charge in [0, 0.05) is 49.0 Å². The van der Waals surface area contributed by atoms with Gasteiger partial charge in [-0.05, 0) is 36.4 Å². The molecule has 1 aliphatic rings. The second-order valence-electron chi connectivity index (χ2n) is 7.38. The van der Waals surface area contributed by atoms with Crippen molar-refractivity contribution in [1.82, 2.24) is 4.90 Å². The molecule has 0 bridgehead atoms. The normalized spacial score (nSPS) is 14.2. The van der Waals surface area contributed by atoms with Gasteiger partial charge in [-0.25, -0.2) is 0 Å². The molecular weight excluding hydrogens is 431 g/mol. The summed E-state index contributed by atoms with van der Waals surface area (Å²) < 4.78 is 12.0. The van der Waals surface area contributed by atoms with Crippen molar-refractivity contribution in [3.8, 4) is 11.5 Å². The van der Waals surface area contributed by atoms with Crippen molar-refractivity contribution in [3.63, 3.8) is 0 Å². The van der Waals surface area contributed by atoms with Crippen LogP contribution in [-0.4, -0.2) is 44.2 Å². The van der Waals surface area contributed by atoms with Gasteiger partial charge >= 0.3 is 0 Å². The lowest BCUT2D eigenvalue weighted by Gasteiger charge is -2.36. The van der Waals surface area contributed by atoms with E-state index in [9.17, 15) is 0 Å². The molecule has 0 radical (unpaired) electrons. The molecule has 0 unspecified atom stereocenters. The van der Waals surface area contributed by atoms with Crippen LogP contribution in [0.25, 0.3) is 0 Å². The van der Waals surface area contributed by atoms with E-state index in [1.807, 2.05) is 66.7 Å². The first-order valence-corrected chi connectivity index (χ1v) is 10.8. The minimum absolute atomic E-state index is 0. The molecule has 3 aromatic carbocycles. The average molecular weight is 459 g/mol. The van der Waals surface area contributed by atoms with E-state index in [0.717, 1.165) is 54.8 Å². The summed E-state index contributed by atoms with van der Waals surface area (Å²) in [5.41, 5.74) is 2.26. The molecule has 1 aliphatic heterocycles. The number of benzene rings is 3. The zero-order valence-electron chi connectivity index (χ0n) is 17.5. The van der Waals surface area contributed by atoms with E-state index in [1.54, 1.807) is 0 Å². The number of rotatable bonds is 8. The Kier molecular flexibility index (Phi) is 9.04. The number of hydrogen-bond donors (Lipinski definition) is 0. The predicted molar refractivity (Wildman–Crippen MR) is 130 cm³/mol. The van der Waals surface area contributed by atoms with Gasteiger partial charge in [0.1, 0.15) is 11.5 Å². The van der Waals surface area contributed by atoms with Crippen molar-refractivity contribution in [1.29, 1.82) is 0 Å². The number of para-hydroxylation sites is 2. The molecular formula is C25H28Cl2N2O2. The maximum atomic E-state index is 6.12. The summed E-state index contributed by atoms with van der Waals surface area (Å²) in [5.74, 6) is 1.68. The van der Waals surface area contributed by atoms with Gasteiger partial charge in [-0.3, -0.25) is 4.90 Å². The Morgan fingerprint density at radius 1 is 0.806 bits per heavy atom. The van der Waals surface area contributed by atoms with Crippen LogP contribution in [0.15, 0.2) is 78.9 Å². The third-order valence-corrected chi connectivity index (χ3v) is 5.53.